The fourth-order valence-corrected chi connectivity index (χ4v) is 5.58. The van der Waals surface area contributed by atoms with Gasteiger partial charge in [0.1, 0.15) is 0 Å². The van der Waals surface area contributed by atoms with Gasteiger partial charge in [0.25, 0.3) is 0 Å². The maximum absolute atomic E-state index is 13.0. The highest BCUT2D eigenvalue weighted by Crippen LogP contribution is 2.35. The molecule has 24 heavy (non-hydrogen) atoms. The predicted molar refractivity (Wildman–Crippen MR) is 92.5 cm³/mol. The Morgan fingerprint density at radius 2 is 1.46 bits per heavy atom. The van der Waals surface area contributed by atoms with Gasteiger partial charge in [-0.15, -0.1) is 0 Å². The van der Waals surface area contributed by atoms with E-state index in [1.165, 1.54) is 0 Å². The van der Waals surface area contributed by atoms with Gasteiger partial charge in [0.15, 0.2) is 9.84 Å². The molecule has 0 aliphatic carbocycles. The van der Waals surface area contributed by atoms with Gasteiger partial charge >= 0.3 is 6.03 Å². The molecule has 2 aromatic rings. The van der Waals surface area contributed by atoms with Crippen molar-refractivity contribution >= 4 is 21.6 Å². The third-order valence-corrected chi connectivity index (χ3v) is 6.41. The highest BCUT2D eigenvalue weighted by atomic mass is 32.2. The van der Waals surface area contributed by atoms with E-state index < -0.39 is 9.84 Å². The smallest absolute Gasteiger partial charge is 0.314 e. The summed E-state index contributed by atoms with van der Waals surface area (Å²) in [6.07, 6.45) is 0. The SMILES string of the molecule is O=C1N(Cc2ccccc2)[C@H]2CS(=O)(=O)C[C@H]2N1c1ccccc1. The fourth-order valence-electron chi connectivity index (χ4n) is 3.63. The molecule has 0 unspecified atom stereocenters. The molecule has 2 atom stereocenters. The van der Waals surface area contributed by atoms with Gasteiger partial charge in [-0.2, -0.15) is 0 Å². The van der Waals surface area contributed by atoms with E-state index in [0.29, 0.717) is 6.54 Å². The standard InChI is InChI=1S/C18H18N2O3S/c21-18-19(11-14-7-3-1-4-8-14)16-12-24(22,23)13-17(16)20(18)15-9-5-2-6-10-15/h1-10,16-17H,11-13H2/t16-,17+/m0/s1. The highest BCUT2D eigenvalue weighted by Gasteiger charge is 2.53. The van der Waals surface area contributed by atoms with Crippen LogP contribution in [0.1, 0.15) is 5.56 Å². The molecule has 2 aliphatic heterocycles. The van der Waals surface area contributed by atoms with Crippen LogP contribution in [-0.2, 0) is 16.4 Å². The molecule has 2 saturated heterocycles. The molecule has 6 heteroatoms. The normalized spacial score (nSPS) is 25.1. The summed E-state index contributed by atoms with van der Waals surface area (Å²) in [5, 5.41) is 0. The van der Waals surface area contributed by atoms with Crippen LogP contribution in [0.3, 0.4) is 0 Å². The van der Waals surface area contributed by atoms with Crippen LogP contribution in [0.5, 0.6) is 0 Å². The van der Waals surface area contributed by atoms with Gasteiger partial charge in [0.2, 0.25) is 0 Å². The van der Waals surface area contributed by atoms with Crippen molar-refractivity contribution in [3.8, 4) is 0 Å². The van der Waals surface area contributed by atoms with Gasteiger partial charge in [-0.05, 0) is 17.7 Å². The number of benzene rings is 2. The lowest BCUT2D eigenvalue weighted by atomic mass is 10.1. The van der Waals surface area contributed by atoms with Gasteiger partial charge in [0.05, 0.1) is 23.6 Å². The molecule has 2 aliphatic rings. The number of nitrogens with zero attached hydrogens (tertiary/aromatic N) is 2. The van der Waals surface area contributed by atoms with Crippen LogP contribution in [0, 0.1) is 0 Å². The number of carbonyl (C=O) groups excluding carboxylic acids is 1. The second kappa shape index (κ2) is 5.63. The molecule has 0 saturated carbocycles. The molecule has 4 rings (SSSR count). The van der Waals surface area contributed by atoms with Gasteiger partial charge in [-0.3, -0.25) is 4.90 Å². The summed E-state index contributed by atoms with van der Waals surface area (Å²) in [5.74, 6) is 0.0726. The first-order valence-corrected chi connectivity index (χ1v) is 9.76. The molecular weight excluding hydrogens is 324 g/mol. The summed E-state index contributed by atoms with van der Waals surface area (Å²) in [4.78, 5) is 16.3. The number of amides is 2. The number of hydrogen-bond acceptors (Lipinski definition) is 3. The Balaban J connectivity index is 1.71. The zero-order valence-corrected chi connectivity index (χ0v) is 13.9. The van der Waals surface area contributed by atoms with E-state index in [4.69, 9.17) is 0 Å². The number of urea groups is 1. The lowest BCUT2D eigenvalue weighted by molar-refractivity contribution is 0.206. The Morgan fingerprint density at radius 1 is 0.875 bits per heavy atom. The van der Waals surface area contributed by atoms with E-state index in [1.54, 1.807) is 9.80 Å². The largest absolute Gasteiger partial charge is 0.325 e. The molecule has 5 nitrogen and oxygen atoms in total. The van der Waals surface area contributed by atoms with Crippen molar-refractivity contribution in [2.45, 2.75) is 18.6 Å². The van der Waals surface area contributed by atoms with Crippen LogP contribution < -0.4 is 4.90 Å². The first kappa shape index (κ1) is 15.2. The Bertz CT molecular complexity index is 852. The Kier molecular flexibility index (Phi) is 3.57. The summed E-state index contributed by atoms with van der Waals surface area (Å²) < 4.78 is 24.3. The zero-order valence-electron chi connectivity index (χ0n) is 13.1. The van der Waals surface area contributed by atoms with E-state index in [0.717, 1.165) is 11.3 Å². The van der Waals surface area contributed by atoms with Crippen molar-refractivity contribution in [2.75, 3.05) is 16.4 Å². The van der Waals surface area contributed by atoms with Crippen LogP contribution in [0.25, 0.3) is 0 Å². The maximum atomic E-state index is 13.0. The van der Waals surface area contributed by atoms with Crippen LogP contribution in [-0.4, -0.2) is 42.9 Å². The average Bonchev–Trinajstić information content (AvgIpc) is 3.00. The van der Waals surface area contributed by atoms with Crippen molar-refractivity contribution in [2.24, 2.45) is 0 Å². The van der Waals surface area contributed by atoms with E-state index in [-0.39, 0.29) is 29.6 Å². The summed E-state index contributed by atoms with van der Waals surface area (Å²) in [6, 6.07) is 18.3. The molecule has 2 fully saturated rings. The second-order valence-electron chi connectivity index (χ2n) is 6.31. The summed E-state index contributed by atoms with van der Waals surface area (Å²) in [7, 11) is -3.13. The first-order chi connectivity index (χ1) is 11.6. The molecule has 2 amide bonds. The number of hydrogen-bond donors (Lipinski definition) is 0. The molecule has 0 N–H and O–H groups in total. The molecule has 2 aromatic carbocycles. The van der Waals surface area contributed by atoms with Gasteiger partial charge in [-0.1, -0.05) is 48.5 Å². The molecular formula is C18H18N2O3S. The van der Waals surface area contributed by atoms with Gasteiger partial charge < -0.3 is 4.90 Å². The lowest BCUT2D eigenvalue weighted by Gasteiger charge is -2.22. The number of anilines is 1. The van der Waals surface area contributed by atoms with E-state index in [9.17, 15) is 13.2 Å². The van der Waals surface area contributed by atoms with Crippen LogP contribution in [0.4, 0.5) is 10.5 Å². The Morgan fingerprint density at radius 3 is 2.12 bits per heavy atom. The highest BCUT2D eigenvalue weighted by molar-refractivity contribution is 7.91. The topological polar surface area (TPSA) is 57.7 Å². The van der Waals surface area contributed by atoms with Gasteiger partial charge in [-0.25, -0.2) is 13.2 Å². The van der Waals surface area contributed by atoms with E-state index in [1.807, 2.05) is 60.7 Å². The fraction of sp³-hybridized carbons (Fsp3) is 0.278. The van der Waals surface area contributed by atoms with Gasteiger partial charge in [0, 0.05) is 12.2 Å². The predicted octanol–water partition coefficient (Wildman–Crippen LogP) is 2.29. The van der Waals surface area contributed by atoms with E-state index >= 15 is 0 Å². The molecule has 0 spiro atoms. The van der Waals surface area contributed by atoms with Crippen LogP contribution in [0.15, 0.2) is 60.7 Å². The quantitative estimate of drug-likeness (QED) is 0.804. The third-order valence-electron chi connectivity index (χ3n) is 4.71. The molecule has 0 radical (unpaired) electrons. The van der Waals surface area contributed by atoms with Crippen molar-refractivity contribution in [3.63, 3.8) is 0 Å². The maximum Gasteiger partial charge on any atom is 0.325 e. The average molecular weight is 342 g/mol. The van der Waals surface area contributed by atoms with Crippen LogP contribution >= 0.6 is 0 Å². The Labute approximate surface area is 141 Å². The van der Waals surface area contributed by atoms with Crippen molar-refractivity contribution < 1.29 is 13.2 Å². The molecule has 2 heterocycles. The first-order valence-electron chi connectivity index (χ1n) is 7.94. The monoisotopic (exact) mass is 342 g/mol. The number of sulfone groups is 1. The van der Waals surface area contributed by atoms with Crippen molar-refractivity contribution in [3.05, 3.63) is 66.2 Å². The summed E-state index contributed by atoms with van der Waals surface area (Å²) >= 11 is 0. The molecule has 0 bridgehead atoms. The minimum Gasteiger partial charge on any atom is -0.314 e. The third kappa shape index (κ3) is 2.57. The number of rotatable bonds is 3. The lowest BCUT2D eigenvalue weighted by Crippen LogP contribution is -2.37. The van der Waals surface area contributed by atoms with Crippen molar-refractivity contribution in [1.82, 2.24) is 4.90 Å². The summed E-state index contributed by atoms with van der Waals surface area (Å²) in [5.41, 5.74) is 1.76. The minimum absolute atomic E-state index is 0.0313. The number of carbonyl (C=O) groups is 1. The minimum atomic E-state index is -3.13. The summed E-state index contributed by atoms with van der Waals surface area (Å²) in [6.45, 7) is 0.430. The number of para-hydroxylation sites is 1. The molecule has 124 valence electrons. The molecule has 0 aromatic heterocycles. The van der Waals surface area contributed by atoms with Crippen LogP contribution in [0.2, 0.25) is 0 Å². The zero-order chi connectivity index (χ0) is 16.7. The van der Waals surface area contributed by atoms with E-state index in [2.05, 4.69) is 0 Å². The second-order valence-corrected chi connectivity index (χ2v) is 8.47. The van der Waals surface area contributed by atoms with Crippen molar-refractivity contribution in [1.29, 1.82) is 0 Å². The number of fused-ring (bicyclic) bond motifs is 1. The Hall–Kier alpha value is -2.34.